The molecule has 20 heavy (non-hydrogen) atoms. The summed E-state index contributed by atoms with van der Waals surface area (Å²) in [6, 6.07) is 5.25. The number of aromatic nitrogens is 3. The monoisotopic (exact) mass is 350 g/mol. The zero-order chi connectivity index (χ0) is 14.1. The van der Waals surface area contributed by atoms with Crippen LogP contribution in [0.4, 0.5) is 5.69 Å². The third kappa shape index (κ3) is 2.39. The van der Waals surface area contributed by atoms with Crippen molar-refractivity contribution in [3.8, 4) is 0 Å². The van der Waals surface area contributed by atoms with Gasteiger partial charge in [0.2, 0.25) is 0 Å². The summed E-state index contributed by atoms with van der Waals surface area (Å²) >= 11 is 9.39. The highest BCUT2D eigenvalue weighted by atomic mass is 79.9. The molecule has 3 rings (SSSR count). The first-order valence-electron chi connectivity index (χ1n) is 5.69. The summed E-state index contributed by atoms with van der Waals surface area (Å²) in [4.78, 5) is 16.3. The minimum atomic E-state index is -0.284. The minimum absolute atomic E-state index is 0.284. The average Bonchev–Trinajstić information content (AvgIpc) is 2.87. The summed E-state index contributed by atoms with van der Waals surface area (Å²) in [5.41, 5.74) is 1.61. The molecule has 2 heterocycles. The number of hydrogen-bond acceptors (Lipinski definition) is 3. The molecule has 0 spiro atoms. The van der Waals surface area contributed by atoms with Crippen LogP contribution in [0.5, 0.6) is 0 Å². The molecular weight excluding hydrogens is 344 g/mol. The van der Waals surface area contributed by atoms with E-state index < -0.39 is 0 Å². The number of nitrogens with one attached hydrogen (secondary N) is 1. The van der Waals surface area contributed by atoms with E-state index in [1.165, 1.54) is 6.20 Å². The molecule has 0 fully saturated rings. The van der Waals surface area contributed by atoms with Crippen LogP contribution in [0.15, 0.2) is 47.5 Å². The van der Waals surface area contributed by atoms with Crippen molar-refractivity contribution in [1.82, 2.24) is 14.6 Å². The molecule has 0 saturated heterocycles. The van der Waals surface area contributed by atoms with Gasteiger partial charge in [-0.25, -0.2) is 4.52 Å². The number of rotatable bonds is 2. The maximum absolute atomic E-state index is 12.3. The third-order valence-electron chi connectivity index (χ3n) is 2.75. The van der Waals surface area contributed by atoms with Gasteiger partial charge in [-0.05, 0) is 18.2 Å². The maximum atomic E-state index is 12.3. The van der Waals surface area contributed by atoms with Gasteiger partial charge in [0.05, 0.1) is 34.2 Å². The standard InChI is InChI=1S/C13H8BrClN4O/c14-8-1-2-10(15)11(5-8)18-13(20)9-6-17-19-4-3-16-7-12(9)19/h1-7H,(H,18,20). The van der Waals surface area contributed by atoms with Gasteiger partial charge >= 0.3 is 0 Å². The van der Waals surface area contributed by atoms with E-state index in [9.17, 15) is 4.79 Å². The van der Waals surface area contributed by atoms with Crippen molar-refractivity contribution >= 4 is 44.6 Å². The third-order valence-corrected chi connectivity index (χ3v) is 3.57. The van der Waals surface area contributed by atoms with Crippen LogP contribution in [-0.2, 0) is 0 Å². The highest BCUT2D eigenvalue weighted by Gasteiger charge is 2.14. The predicted octanol–water partition coefficient (Wildman–Crippen LogP) is 3.40. The smallest absolute Gasteiger partial charge is 0.259 e. The molecule has 2 aromatic heterocycles. The number of amides is 1. The summed E-state index contributed by atoms with van der Waals surface area (Å²) < 4.78 is 2.42. The number of benzene rings is 1. The van der Waals surface area contributed by atoms with Crippen molar-refractivity contribution < 1.29 is 4.79 Å². The summed E-state index contributed by atoms with van der Waals surface area (Å²) in [7, 11) is 0. The number of carbonyl (C=O) groups is 1. The fourth-order valence-corrected chi connectivity index (χ4v) is 2.32. The van der Waals surface area contributed by atoms with E-state index in [1.54, 1.807) is 41.3 Å². The Kier molecular flexibility index (Phi) is 3.42. The van der Waals surface area contributed by atoms with Crippen molar-refractivity contribution in [3.05, 3.63) is 58.0 Å². The molecule has 5 nitrogen and oxygen atoms in total. The SMILES string of the molecule is O=C(Nc1cc(Br)ccc1Cl)c1cnn2ccncc12. The number of nitrogens with zero attached hydrogens (tertiary/aromatic N) is 3. The molecule has 0 aliphatic heterocycles. The number of carbonyl (C=O) groups excluding carboxylic acids is 1. The molecule has 3 aromatic rings. The van der Waals surface area contributed by atoms with Crippen molar-refractivity contribution in [3.63, 3.8) is 0 Å². The molecule has 0 saturated carbocycles. The molecule has 1 N–H and O–H groups in total. The zero-order valence-corrected chi connectivity index (χ0v) is 12.4. The van der Waals surface area contributed by atoms with Crippen molar-refractivity contribution in [2.75, 3.05) is 5.32 Å². The van der Waals surface area contributed by atoms with Crippen LogP contribution < -0.4 is 5.32 Å². The van der Waals surface area contributed by atoms with Crippen molar-refractivity contribution in [2.45, 2.75) is 0 Å². The van der Waals surface area contributed by atoms with Crippen LogP contribution in [0.1, 0.15) is 10.4 Å². The topological polar surface area (TPSA) is 59.3 Å². The van der Waals surface area contributed by atoms with Gasteiger partial charge in [-0.1, -0.05) is 27.5 Å². The normalized spacial score (nSPS) is 10.7. The zero-order valence-electron chi connectivity index (χ0n) is 10.0. The van der Waals surface area contributed by atoms with Gasteiger partial charge in [0, 0.05) is 16.9 Å². The Labute approximate surface area is 127 Å². The van der Waals surface area contributed by atoms with Crippen LogP contribution in [-0.4, -0.2) is 20.5 Å². The second-order valence-electron chi connectivity index (χ2n) is 4.04. The first kappa shape index (κ1) is 13.1. The lowest BCUT2D eigenvalue weighted by atomic mass is 10.2. The molecular formula is C13H8BrClN4O. The lowest BCUT2D eigenvalue weighted by Crippen LogP contribution is -2.12. The summed E-state index contributed by atoms with van der Waals surface area (Å²) in [5.74, 6) is -0.284. The highest BCUT2D eigenvalue weighted by Crippen LogP contribution is 2.26. The molecule has 1 amide bonds. The first-order chi connectivity index (χ1) is 9.65. The minimum Gasteiger partial charge on any atom is -0.320 e. The molecule has 0 bridgehead atoms. The second-order valence-corrected chi connectivity index (χ2v) is 5.37. The first-order valence-corrected chi connectivity index (χ1v) is 6.86. The Balaban J connectivity index is 1.95. The second kappa shape index (κ2) is 5.22. The van der Waals surface area contributed by atoms with E-state index in [0.29, 0.717) is 21.8 Å². The molecule has 0 unspecified atom stereocenters. The van der Waals surface area contributed by atoms with E-state index >= 15 is 0 Å². The van der Waals surface area contributed by atoms with E-state index in [4.69, 9.17) is 11.6 Å². The van der Waals surface area contributed by atoms with Crippen LogP contribution in [0.3, 0.4) is 0 Å². The Morgan fingerprint density at radius 2 is 2.20 bits per heavy atom. The van der Waals surface area contributed by atoms with Gasteiger partial charge in [0.1, 0.15) is 0 Å². The van der Waals surface area contributed by atoms with E-state index in [0.717, 1.165) is 4.47 Å². The molecule has 0 aliphatic carbocycles. The van der Waals surface area contributed by atoms with Gasteiger partial charge in [0.15, 0.2) is 0 Å². The van der Waals surface area contributed by atoms with Gasteiger partial charge in [0.25, 0.3) is 5.91 Å². The van der Waals surface area contributed by atoms with Gasteiger partial charge < -0.3 is 5.32 Å². The Bertz CT molecular complexity index is 802. The Morgan fingerprint density at radius 3 is 3.05 bits per heavy atom. The van der Waals surface area contributed by atoms with Gasteiger partial charge in [-0.3, -0.25) is 9.78 Å². The van der Waals surface area contributed by atoms with E-state index in [1.807, 2.05) is 0 Å². The Morgan fingerprint density at radius 1 is 1.35 bits per heavy atom. The van der Waals surface area contributed by atoms with Crippen LogP contribution in [0.25, 0.3) is 5.52 Å². The van der Waals surface area contributed by atoms with Crippen molar-refractivity contribution in [2.24, 2.45) is 0 Å². The molecule has 0 radical (unpaired) electrons. The van der Waals surface area contributed by atoms with Gasteiger partial charge in [-0.2, -0.15) is 5.10 Å². The van der Waals surface area contributed by atoms with Gasteiger partial charge in [-0.15, -0.1) is 0 Å². The number of fused-ring (bicyclic) bond motifs is 1. The number of anilines is 1. The average molecular weight is 352 g/mol. The van der Waals surface area contributed by atoms with Crippen molar-refractivity contribution in [1.29, 1.82) is 0 Å². The summed E-state index contributed by atoms with van der Waals surface area (Å²) in [5, 5.41) is 7.33. The fourth-order valence-electron chi connectivity index (χ4n) is 1.79. The summed E-state index contributed by atoms with van der Waals surface area (Å²) in [6.45, 7) is 0. The summed E-state index contributed by atoms with van der Waals surface area (Å²) in [6.07, 6.45) is 6.37. The Hall–Kier alpha value is -1.92. The largest absolute Gasteiger partial charge is 0.320 e. The lowest BCUT2D eigenvalue weighted by molar-refractivity contribution is 0.102. The maximum Gasteiger partial charge on any atom is 0.259 e. The lowest BCUT2D eigenvalue weighted by Gasteiger charge is -2.06. The molecule has 100 valence electrons. The predicted molar refractivity (Wildman–Crippen MR) is 80.1 cm³/mol. The van der Waals surface area contributed by atoms with Crippen LogP contribution in [0.2, 0.25) is 5.02 Å². The molecule has 0 atom stereocenters. The molecule has 0 aliphatic rings. The highest BCUT2D eigenvalue weighted by molar-refractivity contribution is 9.10. The quantitative estimate of drug-likeness (QED) is 0.770. The van der Waals surface area contributed by atoms with E-state index in [-0.39, 0.29) is 5.91 Å². The fraction of sp³-hybridized carbons (Fsp3) is 0. The van der Waals surface area contributed by atoms with Crippen LogP contribution in [0, 0.1) is 0 Å². The van der Waals surface area contributed by atoms with Crippen LogP contribution >= 0.6 is 27.5 Å². The molecule has 1 aromatic carbocycles. The number of hydrogen-bond donors (Lipinski definition) is 1. The van der Waals surface area contributed by atoms with E-state index in [2.05, 4.69) is 31.3 Å². The number of halogens is 2. The molecule has 7 heteroatoms.